The summed E-state index contributed by atoms with van der Waals surface area (Å²) in [5.41, 5.74) is 2.21. The van der Waals surface area contributed by atoms with Crippen LogP contribution >= 0.6 is 22.7 Å². The third kappa shape index (κ3) is 3.66. The monoisotopic (exact) mass is 518 g/mol. The molecule has 1 N–H and O–H groups in total. The summed E-state index contributed by atoms with van der Waals surface area (Å²) >= 11 is 2.73. The lowest BCUT2D eigenvalue weighted by molar-refractivity contribution is -0.132. The predicted molar refractivity (Wildman–Crippen MR) is 140 cm³/mol. The number of aromatic nitrogens is 1. The molecule has 0 unspecified atom stereocenters. The van der Waals surface area contributed by atoms with Gasteiger partial charge < -0.3 is 14.6 Å². The minimum atomic E-state index is -0.777. The van der Waals surface area contributed by atoms with Gasteiger partial charge >= 0.3 is 5.91 Å². The second-order valence-corrected chi connectivity index (χ2v) is 10.7. The van der Waals surface area contributed by atoms with Gasteiger partial charge in [0.05, 0.1) is 22.4 Å². The number of thiophene rings is 1. The molecule has 4 heterocycles. The number of amides is 1. The summed E-state index contributed by atoms with van der Waals surface area (Å²) < 4.78 is 12.2. The summed E-state index contributed by atoms with van der Waals surface area (Å²) in [6.07, 6.45) is 0.769. The Morgan fingerprint density at radius 1 is 1.22 bits per heavy atom. The average molecular weight is 519 g/mol. The van der Waals surface area contributed by atoms with E-state index in [9.17, 15) is 14.7 Å². The van der Waals surface area contributed by atoms with E-state index in [1.807, 2.05) is 55.6 Å². The summed E-state index contributed by atoms with van der Waals surface area (Å²) in [6.45, 7) is 4.44. The highest BCUT2D eigenvalue weighted by atomic mass is 32.1. The molecule has 6 rings (SSSR count). The Labute approximate surface area is 215 Å². The topological polar surface area (TPSA) is 89.0 Å². The molecule has 2 atom stereocenters. The van der Waals surface area contributed by atoms with Crippen LogP contribution in [0.1, 0.15) is 35.9 Å². The lowest BCUT2D eigenvalue weighted by Crippen LogP contribution is -2.28. The van der Waals surface area contributed by atoms with Crippen LogP contribution in [0.5, 0.6) is 11.5 Å². The van der Waals surface area contributed by atoms with Crippen LogP contribution in [-0.4, -0.2) is 34.5 Å². The average Bonchev–Trinajstić information content (AvgIpc) is 3.64. The second kappa shape index (κ2) is 8.76. The van der Waals surface area contributed by atoms with Crippen molar-refractivity contribution in [3.8, 4) is 11.5 Å². The molecule has 2 aliphatic heterocycles. The molecule has 0 bridgehead atoms. The SMILES string of the molecule is CCOc1ccc2nc(N3C(=O)C(=O)/C(=C(/O)c4ccc5c(c4)C[C@H](C)O5)[C@@H]3c3cccs3)sc2c1. The molecule has 7 nitrogen and oxygen atoms in total. The van der Waals surface area contributed by atoms with Gasteiger partial charge in [-0.25, -0.2) is 4.98 Å². The van der Waals surface area contributed by atoms with E-state index in [1.54, 1.807) is 12.1 Å². The zero-order valence-electron chi connectivity index (χ0n) is 19.6. The first-order valence-corrected chi connectivity index (χ1v) is 13.3. The molecular weight excluding hydrogens is 496 g/mol. The Bertz CT molecular complexity index is 1540. The van der Waals surface area contributed by atoms with Crippen molar-refractivity contribution in [1.29, 1.82) is 0 Å². The number of aliphatic hydroxyl groups excluding tert-OH is 1. The van der Waals surface area contributed by atoms with Gasteiger partial charge in [0.1, 0.15) is 29.4 Å². The highest BCUT2D eigenvalue weighted by Gasteiger charge is 2.48. The zero-order valence-corrected chi connectivity index (χ0v) is 21.2. The first kappa shape index (κ1) is 22.8. The molecular formula is C27H22N2O5S2. The number of fused-ring (bicyclic) bond motifs is 2. The van der Waals surface area contributed by atoms with Gasteiger partial charge in [-0.3, -0.25) is 14.5 Å². The molecule has 0 radical (unpaired) electrons. The first-order valence-electron chi connectivity index (χ1n) is 11.6. The lowest BCUT2D eigenvalue weighted by atomic mass is 9.98. The van der Waals surface area contributed by atoms with Crippen molar-refractivity contribution in [1.82, 2.24) is 4.98 Å². The van der Waals surface area contributed by atoms with Crippen molar-refractivity contribution >= 4 is 55.5 Å². The molecule has 4 aromatic rings. The Hall–Kier alpha value is -3.69. The Morgan fingerprint density at radius 3 is 2.86 bits per heavy atom. The largest absolute Gasteiger partial charge is 0.507 e. The van der Waals surface area contributed by atoms with E-state index in [0.29, 0.717) is 35.0 Å². The fraction of sp³-hybridized carbons (Fsp3) is 0.222. The highest BCUT2D eigenvalue weighted by molar-refractivity contribution is 7.22. The van der Waals surface area contributed by atoms with Gasteiger partial charge in [0.25, 0.3) is 5.78 Å². The number of carbonyl (C=O) groups excluding carboxylic acids is 2. The van der Waals surface area contributed by atoms with Crippen molar-refractivity contribution in [2.45, 2.75) is 32.4 Å². The van der Waals surface area contributed by atoms with Crippen LogP contribution in [0, 0.1) is 0 Å². The van der Waals surface area contributed by atoms with E-state index in [2.05, 4.69) is 4.98 Å². The fourth-order valence-electron chi connectivity index (χ4n) is 4.72. The van der Waals surface area contributed by atoms with Gasteiger partial charge in [0, 0.05) is 16.9 Å². The van der Waals surface area contributed by atoms with Crippen LogP contribution in [0.25, 0.3) is 16.0 Å². The van der Waals surface area contributed by atoms with E-state index in [-0.39, 0.29) is 17.4 Å². The molecule has 2 aromatic heterocycles. The summed E-state index contributed by atoms with van der Waals surface area (Å²) in [5, 5.41) is 13.7. The maximum absolute atomic E-state index is 13.4. The molecule has 1 amide bonds. The van der Waals surface area contributed by atoms with Gasteiger partial charge in [0.2, 0.25) is 0 Å². The number of hydrogen-bond donors (Lipinski definition) is 1. The van der Waals surface area contributed by atoms with Crippen LogP contribution in [-0.2, 0) is 16.0 Å². The van der Waals surface area contributed by atoms with Gasteiger partial charge in [-0.2, -0.15) is 0 Å². The van der Waals surface area contributed by atoms with Gasteiger partial charge in [-0.15, -0.1) is 11.3 Å². The normalized spacial score (nSPS) is 20.7. The second-order valence-electron chi connectivity index (χ2n) is 8.70. The molecule has 36 heavy (non-hydrogen) atoms. The molecule has 0 saturated carbocycles. The summed E-state index contributed by atoms with van der Waals surface area (Å²) in [7, 11) is 0. The van der Waals surface area contributed by atoms with Crippen LogP contribution < -0.4 is 14.4 Å². The summed E-state index contributed by atoms with van der Waals surface area (Å²) in [5.74, 6) is -0.152. The number of benzene rings is 2. The van der Waals surface area contributed by atoms with E-state index in [4.69, 9.17) is 9.47 Å². The van der Waals surface area contributed by atoms with Crippen molar-refractivity contribution in [2.24, 2.45) is 0 Å². The standard InChI is InChI=1S/C27H22N2O5S2/c1-3-33-17-7-8-18-21(13-17)36-27(28-18)29-23(20-5-4-10-35-20)22(25(31)26(29)32)24(30)15-6-9-19-16(12-15)11-14(2)34-19/h4-10,12-14,23,30H,3,11H2,1-2H3/b24-22+/t14-,23-/m0/s1. The number of thiazole rings is 1. The first-order chi connectivity index (χ1) is 17.4. The number of anilines is 1. The minimum absolute atomic E-state index is 0.0522. The van der Waals surface area contributed by atoms with E-state index < -0.39 is 17.7 Å². The number of ether oxygens (including phenoxy) is 2. The minimum Gasteiger partial charge on any atom is -0.507 e. The Balaban J connectivity index is 1.48. The Morgan fingerprint density at radius 2 is 2.08 bits per heavy atom. The predicted octanol–water partition coefficient (Wildman–Crippen LogP) is 5.71. The quantitative estimate of drug-likeness (QED) is 0.207. The number of ketones is 1. The number of carbonyl (C=O) groups is 2. The third-order valence-electron chi connectivity index (χ3n) is 6.29. The molecule has 0 aliphatic carbocycles. The smallest absolute Gasteiger partial charge is 0.301 e. The van der Waals surface area contributed by atoms with Crippen molar-refractivity contribution in [3.05, 3.63) is 75.5 Å². The summed E-state index contributed by atoms with van der Waals surface area (Å²) in [4.78, 5) is 33.6. The maximum Gasteiger partial charge on any atom is 0.301 e. The van der Waals surface area contributed by atoms with Crippen molar-refractivity contribution < 1.29 is 24.2 Å². The molecule has 9 heteroatoms. The zero-order chi connectivity index (χ0) is 25.0. The number of nitrogens with zero attached hydrogens (tertiary/aromatic N) is 2. The lowest BCUT2D eigenvalue weighted by Gasteiger charge is -2.21. The molecule has 2 aliphatic rings. The van der Waals surface area contributed by atoms with Crippen LogP contribution in [0.3, 0.4) is 0 Å². The molecule has 2 aromatic carbocycles. The number of Topliss-reactive ketones (excluding diaryl/α,β-unsaturated/α-hetero) is 1. The van der Waals surface area contributed by atoms with Crippen molar-refractivity contribution in [3.63, 3.8) is 0 Å². The van der Waals surface area contributed by atoms with Gasteiger partial charge in [-0.05, 0) is 67.3 Å². The summed E-state index contributed by atoms with van der Waals surface area (Å²) in [6, 6.07) is 13.8. The number of hydrogen-bond acceptors (Lipinski definition) is 8. The third-order valence-corrected chi connectivity index (χ3v) is 8.23. The van der Waals surface area contributed by atoms with Crippen LogP contribution in [0.15, 0.2) is 59.5 Å². The van der Waals surface area contributed by atoms with Gasteiger partial charge in [-0.1, -0.05) is 17.4 Å². The Kier molecular flexibility index (Phi) is 5.54. The number of rotatable bonds is 5. The molecule has 1 saturated heterocycles. The highest BCUT2D eigenvalue weighted by Crippen LogP contribution is 2.46. The van der Waals surface area contributed by atoms with Crippen LogP contribution in [0.4, 0.5) is 5.13 Å². The maximum atomic E-state index is 13.4. The van der Waals surface area contributed by atoms with Crippen molar-refractivity contribution in [2.75, 3.05) is 11.5 Å². The van der Waals surface area contributed by atoms with E-state index in [0.717, 1.165) is 20.9 Å². The van der Waals surface area contributed by atoms with E-state index >= 15 is 0 Å². The molecule has 1 fully saturated rings. The van der Waals surface area contributed by atoms with Crippen LogP contribution in [0.2, 0.25) is 0 Å². The molecule has 182 valence electrons. The number of aliphatic hydroxyl groups is 1. The molecule has 0 spiro atoms. The van der Waals surface area contributed by atoms with E-state index in [1.165, 1.54) is 27.6 Å². The fourth-order valence-corrected chi connectivity index (χ4v) is 6.57. The van der Waals surface area contributed by atoms with Gasteiger partial charge in [0.15, 0.2) is 5.13 Å².